The average Bonchev–Trinajstić information content (AvgIpc) is 3.11. The molecule has 7 heteroatoms. The molecule has 0 unspecified atom stereocenters. The molecule has 5 rings (SSSR count). The molecule has 1 aliphatic heterocycles. The maximum Gasteiger partial charge on any atom is 0.337 e. The minimum atomic E-state index is -0.395. The Morgan fingerprint density at radius 2 is 1.77 bits per heavy atom. The van der Waals surface area contributed by atoms with E-state index in [0.717, 1.165) is 16.0 Å². The first-order valence-corrected chi connectivity index (χ1v) is 11.3. The van der Waals surface area contributed by atoms with Gasteiger partial charge in [-0.05, 0) is 37.1 Å². The SMILES string of the molecule is CC1(C)Cc2c(sc3c2c(=O)n(-c2ccccc2Cl)c(=O)n3Cc2ccccc2)CO1. The number of thiophene rings is 1. The van der Waals surface area contributed by atoms with E-state index < -0.39 is 5.69 Å². The van der Waals surface area contributed by atoms with Crippen molar-refractivity contribution < 1.29 is 4.74 Å². The first-order chi connectivity index (χ1) is 14.9. The van der Waals surface area contributed by atoms with Crippen molar-refractivity contribution >= 4 is 33.2 Å². The summed E-state index contributed by atoms with van der Waals surface area (Å²) in [6.07, 6.45) is 0.615. The zero-order valence-electron chi connectivity index (χ0n) is 17.2. The number of benzene rings is 2. The molecule has 5 nitrogen and oxygen atoms in total. The first kappa shape index (κ1) is 20.2. The van der Waals surface area contributed by atoms with E-state index in [1.165, 1.54) is 15.9 Å². The predicted molar refractivity (Wildman–Crippen MR) is 125 cm³/mol. The first-order valence-electron chi connectivity index (χ1n) is 10.1. The number of ether oxygens (including phenoxy) is 1. The predicted octanol–water partition coefficient (Wildman–Crippen LogP) is 4.77. The minimum absolute atomic E-state index is 0.326. The van der Waals surface area contributed by atoms with Gasteiger partial charge in [0.1, 0.15) is 4.83 Å². The third-order valence-corrected chi connectivity index (χ3v) is 7.18. The van der Waals surface area contributed by atoms with Crippen LogP contribution in [-0.4, -0.2) is 14.7 Å². The van der Waals surface area contributed by atoms with E-state index >= 15 is 0 Å². The Morgan fingerprint density at radius 3 is 2.52 bits per heavy atom. The fraction of sp³-hybridized carbons (Fsp3) is 0.250. The van der Waals surface area contributed by atoms with Gasteiger partial charge in [0.2, 0.25) is 0 Å². The zero-order chi connectivity index (χ0) is 21.8. The molecule has 0 saturated heterocycles. The van der Waals surface area contributed by atoms with Crippen LogP contribution < -0.4 is 11.2 Å². The van der Waals surface area contributed by atoms with Crippen LogP contribution in [0.15, 0.2) is 64.2 Å². The van der Waals surface area contributed by atoms with Crippen molar-refractivity contribution in [2.45, 2.75) is 39.0 Å². The van der Waals surface area contributed by atoms with Crippen molar-refractivity contribution in [1.29, 1.82) is 0 Å². The van der Waals surface area contributed by atoms with Gasteiger partial charge in [-0.2, -0.15) is 0 Å². The molecule has 0 atom stereocenters. The smallest absolute Gasteiger partial charge is 0.337 e. The van der Waals surface area contributed by atoms with Gasteiger partial charge >= 0.3 is 5.69 Å². The molecule has 0 bridgehead atoms. The van der Waals surface area contributed by atoms with Crippen molar-refractivity contribution in [2.75, 3.05) is 0 Å². The zero-order valence-corrected chi connectivity index (χ0v) is 18.8. The van der Waals surface area contributed by atoms with Crippen molar-refractivity contribution in [3.63, 3.8) is 0 Å². The molecule has 0 radical (unpaired) electrons. The summed E-state index contributed by atoms with van der Waals surface area (Å²) in [7, 11) is 0. The molecule has 31 heavy (non-hydrogen) atoms. The maximum atomic E-state index is 13.7. The van der Waals surface area contributed by atoms with E-state index in [2.05, 4.69) is 0 Å². The second-order valence-corrected chi connectivity index (χ2v) is 9.85. The molecule has 0 amide bonds. The number of rotatable bonds is 3. The number of nitrogens with zero attached hydrogens (tertiary/aromatic N) is 2. The van der Waals surface area contributed by atoms with Gasteiger partial charge in [-0.1, -0.05) is 54.1 Å². The molecule has 0 fully saturated rings. The number of para-hydroxylation sites is 1. The van der Waals surface area contributed by atoms with E-state index in [-0.39, 0.29) is 11.2 Å². The van der Waals surface area contributed by atoms with Crippen molar-refractivity contribution in [3.05, 3.63) is 96.5 Å². The Bertz CT molecular complexity index is 1420. The lowest BCUT2D eigenvalue weighted by Gasteiger charge is -2.29. The van der Waals surface area contributed by atoms with Gasteiger partial charge in [0.25, 0.3) is 5.56 Å². The number of halogens is 1. The summed E-state index contributed by atoms with van der Waals surface area (Å²) in [6.45, 7) is 4.84. The van der Waals surface area contributed by atoms with Crippen LogP contribution in [0.25, 0.3) is 15.9 Å². The van der Waals surface area contributed by atoms with E-state index in [1.807, 2.05) is 44.2 Å². The summed E-state index contributed by atoms with van der Waals surface area (Å²) in [5.74, 6) is 0. The summed E-state index contributed by atoms with van der Waals surface area (Å²) >= 11 is 7.88. The molecular weight excluding hydrogens is 432 g/mol. The van der Waals surface area contributed by atoms with Gasteiger partial charge in [0.05, 0.1) is 34.8 Å². The van der Waals surface area contributed by atoms with E-state index in [0.29, 0.717) is 40.5 Å². The van der Waals surface area contributed by atoms with Gasteiger partial charge in [0.15, 0.2) is 0 Å². The van der Waals surface area contributed by atoms with Crippen molar-refractivity contribution in [3.8, 4) is 5.69 Å². The van der Waals surface area contributed by atoms with Gasteiger partial charge in [-0.3, -0.25) is 9.36 Å². The van der Waals surface area contributed by atoms with Crippen molar-refractivity contribution in [2.24, 2.45) is 0 Å². The Kier molecular flexibility index (Phi) is 4.88. The van der Waals surface area contributed by atoms with Gasteiger partial charge in [0, 0.05) is 11.3 Å². The topological polar surface area (TPSA) is 53.2 Å². The highest BCUT2D eigenvalue weighted by Crippen LogP contribution is 2.37. The quantitative estimate of drug-likeness (QED) is 0.450. The molecule has 1 aliphatic rings. The molecule has 0 saturated carbocycles. The second kappa shape index (κ2) is 7.48. The second-order valence-electron chi connectivity index (χ2n) is 8.36. The van der Waals surface area contributed by atoms with Crippen LogP contribution >= 0.6 is 22.9 Å². The lowest BCUT2D eigenvalue weighted by molar-refractivity contribution is -0.0379. The monoisotopic (exact) mass is 452 g/mol. The Morgan fingerprint density at radius 1 is 1.06 bits per heavy atom. The standard InChI is InChI=1S/C24H21ClN2O3S/c1-24(2)12-16-19(14-30-24)31-22-20(16)21(28)27(18-11-7-6-10-17(18)25)23(29)26(22)13-15-8-4-3-5-9-15/h3-11H,12-14H2,1-2H3. The van der Waals surface area contributed by atoms with E-state index in [9.17, 15) is 9.59 Å². The number of fused-ring (bicyclic) bond motifs is 3. The van der Waals surface area contributed by atoms with Gasteiger partial charge < -0.3 is 4.74 Å². The molecule has 2 aromatic heterocycles. The molecule has 0 N–H and O–H groups in total. The Balaban J connectivity index is 1.87. The van der Waals surface area contributed by atoms with Crippen LogP contribution in [0.2, 0.25) is 5.02 Å². The highest BCUT2D eigenvalue weighted by molar-refractivity contribution is 7.18. The maximum absolute atomic E-state index is 13.7. The summed E-state index contributed by atoms with van der Waals surface area (Å²) in [4.78, 5) is 29.0. The summed E-state index contributed by atoms with van der Waals surface area (Å²) < 4.78 is 8.87. The average molecular weight is 453 g/mol. The van der Waals surface area contributed by atoms with Crippen LogP contribution in [-0.2, 0) is 24.3 Å². The van der Waals surface area contributed by atoms with E-state index in [1.54, 1.807) is 28.8 Å². The normalized spacial score (nSPS) is 15.2. The van der Waals surface area contributed by atoms with Crippen molar-refractivity contribution in [1.82, 2.24) is 9.13 Å². The fourth-order valence-electron chi connectivity index (χ4n) is 4.11. The number of hydrogen-bond acceptors (Lipinski definition) is 4. The number of hydrogen-bond donors (Lipinski definition) is 0. The molecule has 0 spiro atoms. The summed E-state index contributed by atoms with van der Waals surface area (Å²) in [5, 5.41) is 0.951. The third-order valence-electron chi connectivity index (χ3n) is 5.63. The highest BCUT2D eigenvalue weighted by Gasteiger charge is 2.32. The Labute approximate surface area is 188 Å². The number of aromatic nitrogens is 2. The lowest BCUT2D eigenvalue weighted by atomic mass is 9.94. The molecule has 158 valence electrons. The summed E-state index contributed by atoms with van der Waals surface area (Å²) in [5.41, 5.74) is 1.26. The molecule has 3 heterocycles. The molecular formula is C24H21ClN2O3S. The Hall–Kier alpha value is -2.67. The van der Waals surface area contributed by atoms with Crippen LogP contribution in [0.1, 0.15) is 29.9 Å². The molecule has 4 aromatic rings. The lowest BCUT2D eigenvalue weighted by Crippen LogP contribution is -2.39. The van der Waals surface area contributed by atoms with Crippen LogP contribution in [0, 0.1) is 0 Å². The highest BCUT2D eigenvalue weighted by atomic mass is 35.5. The summed E-state index contributed by atoms with van der Waals surface area (Å²) in [6, 6.07) is 16.7. The van der Waals surface area contributed by atoms with Crippen LogP contribution in [0.5, 0.6) is 0 Å². The third kappa shape index (κ3) is 3.45. The molecule has 0 aliphatic carbocycles. The van der Waals surface area contributed by atoms with Crippen LogP contribution in [0.4, 0.5) is 0 Å². The fourth-order valence-corrected chi connectivity index (χ4v) is 5.54. The largest absolute Gasteiger partial charge is 0.370 e. The molecule has 2 aromatic carbocycles. The van der Waals surface area contributed by atoms with E-state index in [4.69, 9.17) is 16.3 Å². The van der Waals surface area contributed by atoms with Gasteiger partial charge in [-0.15, -0.1) is 11.3 Å². The van der Waals surface area contributed by atoms with Crippen LogP contribution in [0.3, 0.4) is 0 Å². The minimum Gasteiger partial charge on any atom is -0.370 e. The van der Waals surface area contributed by atoms with Gasteiger partial charge in [-0.25, -0.2) is 9.36 Å².